The van der Waals surface area contributed by atoms with E-state index >= 15 is 0 Å². The Bertz CT molecular complexity index is 191. The molecule has 4 nitrogen and oxygen atoms in total. The van der Waals surface area contributed by atoms with Crippen LogP contribution in [0.15, 0.2) is 0 Å². The van der Waals surface area contributed by atoms with Crippen LogP contribution in [-0.2, 0) is 4.79 Å². The standard InChI is InChI=1S/C11H22N2O2/c1-9(8-14)6-13-11(15)3-2-10-4-5-12-7-10/h9-10,12,14H,2-8H2,1H3,(H,13,15). The Morgan fingerprint density at radius 1 is 1.67 bits per heavy atom. The predicted octanol–water partition coefficient (Wildman–Crippen LogP) is 0.121. The average molecular weight is 214 g/mol. The van der Waals surface area contributed by atoms with E-state index in [0.717, 1.165) is 19.5 Å². The predicted molar refractivity (Wildman–Crippen MR) is 59.5 cm³/mol. The molecule has 4 heteroatoms. The Morgan fingerprint density at radius 3 is 3.07 bits per heavy atom. The second kappa shape index (κ2) is 6.80. The monoisotopic (exact) mass is 214 g/mol. The molecule has 1 amide bonds. The molecule has 2 atom stereocenters. The summed E-state index contributed by atoms with van der Waals surface area (Å²) in [5.74, 6) is 0.940. The van der Waals surface area contributed by atoms with Gasteiger partial charge in [0.15, 0.2) is 0 Å². The Kier molecular flexibility index (Phi) is 5.65. The van der Waals surface area contributed by atoms with E-state index in [0.29, 0.717) is 18.9 Å². The molecule has 0 saturated carbocycles. The third kappa shape index (κ3) is 5.14. The first-order chi connectivity index (χ1) is 7.22. The maximum Gasteiger partial charge on any atom is 0.220 e. The van der Waals surface area contributed by atoms with Gasteiger partial charge in [0.2, 0.25) is 5.91 Å². The molecule has 0 spiro atoms. The normalized spacial score (nSPS) is 22.7. The van der Waals surface area contributed by atoms with Crippen molar-refractivity contribution in [3.05, 3.63) is 0 Å². The molecule has 0 radical (unpaired) electrons. The van der Waals surface area contributed by atoms with Crippen molar-refractivity contribution in [2.45, 2.75) is 26.2 Å². The van der Waals surface area contributed by atoms with Crippen LogP contribution in [0.5, 0.6) is 0 Å². The summed E-state index contributed by atoms with van der Waals surface area (Å²) in [6, 6.07) is 0. The van der Waals surface area contributed by atoms with Gasteiger partial charge in [0, 0.05) is 19.6 Å². The molecule has 0 aromatic carbocycles. The molecule has 1 aliphatic rings. The van der Waals surface area contributed by atoms with Crippen molar-refractivity contribution in [1.82, 2.24) is 10.6 Å². The van der Waals surface area contributed by atoms with Crippen molar-refractivity contribution in [2.24, 2.45) is 11.8 Å². The first-order valence-electron chi connectivity index (χ1n) is 5.80. The zero-order valence-corrected chi connectivity index (χ0v) is 9.46. The van der Waals surface area contributed by atoms with Gasteiger partial charge in [-0.25, -0.2) is 0 Å². The molecule has 1 heterocycles. The molecule has 0 aromatic heterocycles. The largest absolute Gasteiger partial charge is 0.396 e. The summed E-state index contributed by atoms with van der Waals surface area (Å²) in [6.45, 7) is 4.78. The molecule has 2 unspecified atom stereocenters. The third-order valence-corrected chi connectivity index (χ3v) is 2.90. The average Bonchev–Trinajstić information content (AvgIpc) is 2.75. The second-order valence-electron chi connectivity index (χ2n) is 4.49. The van der Waals surface area contributed by atoms with Gasteiger partial charge in [-0.15, -0.1) is 0 Å². The summed E-state index contributed by atoms with van der Waals surface area (Å²) < 4.78 is 0. The Morgan fingerprint density at radius 2 is 2.47 bits per heavy atom. The highest BCUT2D eigenvalue weighted by atomic mass is 16.3. The number of aliphatic hydroxyl groups excluding tert-OH is 1. The van der Waals surface area contributed by atoms with Crippen molar-refractivity contribution >= 4 is 5.91 Å². The molecule has 0 bridgehead atoms. The van der Waals surface area contributed by atoms with Crippen LogP contribution in [0.3, 0.4) is 0 Å². The fourth-order valence-corrected chi connectivity index (χ4v) is 1.74. The fourth-order valence-electron chi connectivity index (χ4n) is 1.74. The SMILES string of the molecule is CC(CO)CNC(=O)CCC1CCNC1. The number of rotatable bonds is 6. The summed E-state index contributed by atoms with van der Waals surface area (Å²) in [5.41, 5.74) is 0. The van der Waals surface area contributed by atoms with E-state index in [4.69, 9.17) is 5.11 Å². The van der Waals surface area contributed by atoms with Crippen LogP contribution in [0.25, 0.3) is 0 Å². The number of amides is 1. The number of hydrogen-bond donors (Lipinski definition) is 3. The minimum absolute atomic E-state index is 0.113. The van der Waals surface area contributed by atoms with Gasteiger partial charge in [-0.3, -0.25) is 4.79 Å². The molecule has 1 fully saturated rings. The van der Waals surface area contributed by atoms with E-state index in [1.54, 1.807) is 0 Å². The maximum atomic E-state index is 11.4. The highest BCUT2D eigenvalue weighted by Crippen LogP contribution is 2.13. The first kappa shape index (κ1) is 12.5. The van der Waals surface area contributed by atoms with Gasteiger partial charge in [-0.05, 0) is 37.8 Å². The van der Waals surface area contributed by atoms with E-state index < -0.39 is 0 Å². The number of carbonyl (C=O) groups excluding carboxylic acids is 1. The summed E-state index contributed by atoms with van der Waals surface area (Å²) in [6.07, 6.45) is 2.79. The zero-order chi connectivity index (χ0) is 11.1. The van der Waals surface area contributed by atoms with Gasteiger partial charge in [0.1, 0.15) is 0 Å². The van der Waals surface area contributed by atoms with Crippen molar-refractivity contribution < 1.29 is 9.90 Å². The van der Waals surface area contributed by atoms with E-state index in [1.165, 1.54) is 6.42 Å². The summed E-state index contributed by atoms with van der Waals surface area (Å²) in [7, 11) is 0. The summed E-state index contributed by atoms with van der Waals surface area (Å²) >= 11 is 0. The molecule has 1 saturated heterocycles. The van der Waals surface area contributed by atoms with Crippen LogP contribution >= 0.6 is 0 Å². The van der Waals surface area contributed by atoms with E-state index in [-0.39, 0.29) is 18.4 Å². The molecule has 88 valence electrons. The minimum atomic E-state index is 0.113. The molecule has 15 heavy (non-hydrogen) atoms. The van der Waals surface area contributed by atoms with Gasteiger partial charge in [0.25, 0.3) is 0 Å². The van der Waals surface area contributed by atoms with E-state index in [9.17, 15) is 4.79 Å². The van der Waals surface area contributed by atoms with Gasteiger partial charge in [-0.2, -0.15) is 0 Å². The van der Waals surface area contributed by atoms with Crippen LogP contribution in [0.1, 0.15) is 26.2 Å². The summed E-state index contributed by atoms with van der Waals surface area (Å²) in [5, 5.41) is 14.9. The van der Waals surface area contributed by atoms with Crippen LogP contribution in [0, 0.1) is 11.8 Å². The zero-order valence-electron chi connectivity index (χ0n) is 9.46. The van der Waals surface area contributed by atoms with Gasteiger partial charge in [0.05, 0.1) is 0 Å². The smallest absolute Gasteiger partial charge is 0.220 e. The Hall–Kier alpha value is -0.610. The lowest BCUT2D eigenvalue weighted by atomic mass is 10.0. The van der Waals surface area contributed by atoms with Gasteiger partial charge in [-0.1, -0.05) is 6.92 Å². The van der Waals surface area contributed by atoms with Crippen molar-refractivity contribution in [3.8, 4) is 0 Å². The molecule has 3 N–H and O–H groups in total. The van der Waals surface area contributed by atoms with Gasteiger partial charge >= 0.3 is 0 Å². The highest BCUT2D eigenvalue weighted by molar-refractivity contribution is 5.75. The lowest BCUT2D eigenvalue weighted by molar-refractivity contribution is -0.121. The molecule has 0 aliphatic carbocycles. The Labute approximate surface area is 91.4 Å². The number of hydrogen-bond acceptors (Lipinski definition) is 3. The van der Waals surface area contributed by atoms with Crippen LogP contribution in [-0.4, -0.2) is 37.3 Å². The lowest BCUT2D eigenvalue weighted by Crippen LogP contribution is -2.29. The minimum Gasteiger partial charge on any atom is -0.396 e. The number of nitrogens with one attached hydrogen (secondary N) is 2. The topological polar surface area (TPSA) is 61.4 Å². The Balaban J connectivity index is 2.02. The number of aliphatic hydroxyl groups is 1. The van der Waals surface area contributed by atoms with Crippen LogP contribution in [0.2, 0.25) is 0 Å². The van der Waals surface area contributed by atoms with Crippen LogP contribution in [0.4, 0.5) is 0 Å². The van der Waals surface area contributed by atoms with Crippen molar-refractivity contribution in [3.63, 3.8) is 0 Å². The molecule has 1 rings (SSSR count). The molecular formula is C11H22N2O2. The fraction of sp³-hybridized carbons (Fsp3) is 0.909. The third-order valence-electron chi connectivity index (χ3n) is 2.90. The molecule has 0 aromatic rings. The van der Waals surface area contributed by atoms with Crippen LogP contribution < -0.4 is 10.6 Å². The first-order valence-corrected chi connectivity index (χ1v) is 5.80. The van der Waals surface area contributed by atoms with Crippen molar-refractivity contribution in [2.75, 3.05) is 26.2 Å². The number of carbonyl (C=O) groups is 1. The van der Waals surface area contributed by atoms with E-state index in [1.807, 2.05) is 6.92 Å². The van der Waals surface area contributed by atoms with E-state index in [2.05, 4.69) is 10.6 Å². The van der Waals surface area contributed by atoms with Gasteiger partial charge < -0.3 is 15.7 Å². The summed E-state index contributed by atoms with van der Waals surface area (Å²) in [4.78, 5) is 11.4. The molecule has 1 aliphatic heterocycles. The maximum absolute atomic E-state index is 11.4. The van der Waals surface area contributed by atoms with Crippen molar-refractivity contribution in [1.29, 1.82) is 0 Å². The lowest BCUT2D eigenvalue weighted by Gasteiger charge is -2.11. The second-order valence-corrected chi connectivity index (χ2v) is 4.49. The highest BCUT2D eigenvalue weighted by Gasteiger charge is 2.15. The quantitative estimate of drug-likeness (QED) is 0.588. The molecular weight excluding hydrogens is 192 g/mol.